The Bertz CT molecular complexity index is 638. The van der Waals surface area contributed by atoms with Gasteiger partial charge in [0.2, 0.25) is 0 Å². The standard InChI is InChI=1S/C16H13BrF2O/c1-11-5-3-8-15(9-11)20-16(18,19)12(2)13-6-4-7-14(17)10-13/h3-10H,2H2,1H3. The zero-order valence-corrected chi connectivity index (χ0v) is 12.5. The van der Waals surface area contributed by atoms with Crippen molar-refractivity contribution in [3.63, 3.8) is 0 Å². The predicted octanol–water partition coefficient (Wildman–Crippen LogP) is 5.44. The maximum absolute atomic E-state index is 14.1. The van der Waals surface area contributed by atoms with Crippen molar-refractivity contribution in [3.05, 3.63) is 70.7 Å². The fourth-order valence-electron chi connectivity index (χ4n) is 1.73. The molecule has 0 spiro atoms. The molecule has 0 N–H and O–H groups in total. The van der Waals surface area contributed by atoms with Crippen molar-refractivity contribution >= 4 is 21.5 Å². The van der Waals surface area contributed by atoms with Crippen LogP contribution >= 0.6 is 15.9 Å². The van der Waals surface area contributed by atoms with E-state index in [1.165, 1.54) is 6.07 Å². The highest BCUT2D eigenvalue weighted by Crippen LogP contribution is 2.34. The van der Waals surface area contributed by atoms with Gasteiger partial charge in [-0.05, 0) is 42.3 Å². The van der Waals surface area contributed by atoms with E-state index in [-0.39, 0.29) is 11.3 Å². The van der Waals surface area contributed by atoms with Crippen LogP contribution in [0.3, 0.4) is 0 Å². The van der Waals surface area contributed by atoms with Crippen LogP contribution in [0.2, 0.25) is 0 Å². The van der Waals surface area contributed by atoms with E-state index in [1.807, 2.05) is 13.0 Å². The summed E-state index contributed by atoms with van der Waals surface area (Å²) in [6.07, 6.45) is -3.46. The lowest BCUT2D eigenvalue weighted by molar-refractivity contribution is -0.121. The van der Waals surface area contributed by atoms with Gasteiger partial charge in [-0.25, -0.2) is 0 Å². The number of aryl methyl sites for hydroxylation is 1. The van der Waals surface area contributed by atoms with E-state index in [1.54, 1.807) is 36.4 Å². The summed E-state index contributed by atoms with van der Waals surface area (Å²) in [5.74, 6) is 0.117. The third-order valence-corrected chi connectivity index (χ3v) is 3.25. The second-order valence-corrected chi connectivity index (χ2v) is 5.34. The topological polar surface area (TPSA) is 9.23 Å². The summed E-state index contributed by atoms with van der Waals surface area (Å²) in [5.41, 5.74) is 0.809. The Morgan fingerprint density at radius 2 is 1.85 bits per heavy atom. The molecule has 0 unspecified atom stereocenters. The zero-order chi connectivity index (χ0) is 14.8. The van der Waals surface area contributed by atoms with Crippen molar-refractivity contribution in [3.8, 4) is 5.75 Å². The Labute approximate surface area is 125 Å². The number of alkyl halides is 2. The van der Waals surface area contributed by atoms with Gasteiger partial charge in [0, 0.05) is 4.47 Å². The van der Waals surface area contributed by atoms with E-state index in [0.717, 1.165) is 5.56 Å². The van der Waals surface area contributed by atoms with Crippen molar-refractivity contribution in [2.45, 2.75) is 13.0 Å². The van der Waals surface area contributed by atoms with Gasteiger partial charge < -0.3 is 4.74 Å². The molecule has 2 aromatic rings. The van der Waals surface area contributed by atoms with Gasteiger partial charge in [-0.1, -0.05) is 46.8 Å². The Kier molecular flexibility index (Phi) is 4.23. The lowest BCUT2D eigenvalue weighted by Crippen LogP contribution is -2.26. The van der Waals surface area contributed by atoms with Crippen LogP contribution in [-0.4, -0.2) is 6.11 Å². The predicted molar refractivity (Wildman–Crippen MR) is 79.9 cm³/mol. The van der Waals surface area contributed by atoms with Crippen LogP contribution in [0.1, 0.15) is 11.1 Å². The number of hydrogen-bond acceptors (Lipinski definition) is 1. The maximum atomic E-state index is 14.1. The van der Waals surface area contributed by atoms with Gasteiger partial charge in [-0.3, -0.25) is 0 Å². The molecule has 0 amide bonds. The third-order valence-electron chi connectivity index (χ3n) is 2.76. The highest BCUT2D eigenvalue weighted by molar-refractivity contribution is 9.10. The molecular formula is C16H13BrF2O. The summed E-state index contributed by atoms with van der Waals surface area (Å²) in [6, 6.07) is 13.1. The Morgan fingerprint density at radius 3 is 2.50 bits per heavy atom. The van der Waals surface area contributed by atoms with Crippen molar-refractivity contribution in [1.82, 2.24) is 0 Å². The molecule has 0 radical (unpaired) electrons. The van der Waals surface area contributed by atoms with Gasteiger partial charge in [-0.15, -0.1) is 0 Å². The highest BCUT2D eigenvalue weighted by atomic mass is 79.9. The molecule has 2 rings (SSSR count). The lowest BCUT2D eigenvalue weighted by Gasteiger charge is -2.20. The summed E-state index contributed by atoms with van der Waals surface area (Å²) < 4.78 is 33.7. The van der Waals surface area contributed by atoms with E-state index in [4.69, 9.17) is 4.74 Å². The average molecular weight is 339 g/mol. The van der Waals surface area contributed by atoms with Crippen molar-refractivity contribution < 1.29 is 13.5 Å². The minimum absolute atomic E-state index is 0.117. The van der Waals surface area contributed by atoms with E-state index in [2.05, 4.69) is 22.5 Å². The normalized spacial score (nSPS) is 11.2. The quantitative estimate of drug-likeness (QED) is 0.720. The molecule has 1 nitrogen and oxygen atoms in total. The minimum atomic E-state index is -3.46. The second kappa shape index (κ2) is 5.75. The Balaban J connectivity index is 2.23. The fourth-order valence-corrected chi connectivity index (χ4v) is 2.13. The van der Waals surface area contributed by atoms with Gasteiger partial charge in [-0.2, -0.15) is 8.78 Å². The number of hydrogen-bond donors (Lipinski definition) is 0. The molecule has 0 saturated carbocycles. The molecule has 0 saturated heterocycles. The van der Waals surface area contributed by atoms with Crippen molar-refractivity contribution in [1.29, 1.82) is 0 Å². The molecule has 0 fully saturated rings. The highest BCUT2D eigenvalue weighted by Gasteiger charge is 2.36. The first-order valence-corrected chi connectivity index (χ1v) is 6.76. The number of rotatable bonds is 4. The molecule has 0 aromatic heterocycles. The lowest BCUT2D eigenvalue weighted by atomic mass is 10.1. The number of halogens is 3. The van der Waals surface area contributed by atoms with Gasteiger partial charge in [0.05, 0.1) is 5.57 Å². The molecule has 0 aliphatic carbocycles. The monoisotopic (exact) mass is 338 g/mol. The summed E-state index contributed by atoms with van der Waals surface area (Å²) in [6.45, 7) is 5.27. The van der Waals surface area contributed by atoms with Crippen LogP contribution in [-0.2, 0) is 0 Å². The summed E-state index contributed by atoms with van der Waals surface area (Å²) >= 11 is 3.25. The molecular weight excluding hydrogens is 326 g/mol. The van der Waals surface area contributed by atoms with E-state index in [0.29, 0.717) is 10.0 Å². The number of ether oxygens (including phenoxy) is 1. The molecule has 4 heteroatoms. The van der Waals surface area contributed by atoms with Crippen LogP contribution in [0.4, 0.5) is 8.78 Å². The van der Waals surface area contributed by atoms with Gasteiger partial charge in [0.25, 0.3) is 0 Å². The van der Waals surface area contributed by atoms with Crippen LogP contribution < -0.4 is 4.74 Å². The first kappa shape index (κ1) is 14.7. The van der Waals surface area contributed by atoms with Gasteiger partial charge in [0.1, 0.15) is 5.75 Å². The Hall–Kier alpha value is -1.68. The average Bonchev–Trinajstić information content (AvgIpc) is 2.37. The smallest absolute Gasteiger partial charge is 0.426 e. The Morgan fingerprint density at radius 1 is 1.15 bits per heavy atom. The van der Waals surface area contributed by atoms with Crippen LogP contribution in [0, 0.1) is 6.92 Å². The maximum Gasteiger partial charge on any atom is 0.426 e. The number of benzene rings is 2. The molecule has 0 atom stereocenters. The van der Waals surface area contributed by atoms with Crippen molar-refractivity contribution in [2.75, 3.05) is 0 Å². The summed E-state index contributed by atoms with van der Waals surface area (Å²) in [5, 5.41) is 0. The van der Waals surface area contributed by atoms with Gasteiger partial charge in [0.15, 0.2) is 0 Å². The van der Waals surface area contributed by atoms with E-state index < -0.39 is 6.11 Å². The van der Waals surface area contributed by atoms with E-state index >= 15 is 0 Å². The van der Waals surface area contributed by atoms with E-state index in [9.17, 15) is 8.78 Å². The van der Waals surface area contributed by atoms with Crippen molar-refractivity contribution in [2.24, 2.45) is 0 Å². The fraction of sp³-hybridized carbons (Fsp3) is 0.125. The summed E-state index contributed by atoms with van der Waals surface area (Å²) in [7, 11) is 0. The molecule has 104 valence electrons. The van der Waals surface area contributed by atoms with Crippen LogP contribution in [0.15, 0.2) is 59.6 Å². The molecule has 2 aromatic carbocycles. The minimum Gasteiger partial charge on any atom is -0.429 e. The third kappa shape index (κ3) is 3.45. The first-order chi connectivity index (χ1) is 9.38. The largest absolute Gasteiger partial charge is 0.429 e. The molecule has 20 heavy (non-hydrogen) atoms. The molecule has 0 aliphatic rings. The molecule has 0 aliphatic heterocycles. The molecule has 0 bridgehead atoms. The second-order valence-electron chi connectivity index (χ2n) is 4.42. The van der Waals surface area contributed by atoms with Crippen LogP contribution in [0.25, 0.3) is 5.57 Å². The summed E-state index contributed by atoms with van der Waals surface area (Å²) in [4.78, 5) is 0. The van der Waals surface area contributed by atoms with Gasteiger partial charge >= 0.3 is 6.11 Å². The zero-order valence-electron chi connectivity index (χ0n) is 10.9. The molecule has 0 heterocycles. The first-order valence-electron chi connectivity index (χ1n) is 5.97. The van der Waals surface area contributed by atoms with Crippen LogP contribution in [0.5, 0.6) is 5.75 Å². The SMILES string of the molecule is C=C(c1cccc(Br)c1)C(F)(F)Oc1cccc(C)c1.